The Labute approximate surface area is 117 Å². The van der Waals surface area contributed by atoms with Crippen LogP contribution in [0.5, 0.6) is 0 Å². The standard InChI is InChI=1S/C12H17N3O4S/c1-19-12(16)14-9-6-7-15(8-9)20(17,18)11-5-3-2-4-10(11)13/h2-5,9H,6-8,13H2,1H3,(H,14,16). The Morgan fingerprint density at radius 2 is 2.15 bits per heavy atom. The van der Waals surface area contributed by atoms with Crippen molar-refractivity contribution in [3.8, 4) is 0 Å². The van der Waals surface area contributed by atoms with E-state index in [1.807, 2.05) is 0 Å². The Hall–Kier alpha value is -1.80. The van der Waals surface area contributed by atoms with Crippen LogP contribution >= 0.6 is 0 Å². The van der Waals surface area contributed by atoms with Gasteiger partial charge in [-0.2, -0.15) is 4.31 Å². The lowest BCUT2D eigenvalue weighted by Gasteiger charge is -2.18. The molecule has 1 aromatic rings. The van der Waals surface area contributed by atoms with E-state index in [-0.39, 0.29) is 23.2 Å². The van der Waals surface area contributed by atoms with Crippen LogP contribution in [0.15, 0.2) is 29.2 Å². The molecule has 2 rings (SSSR count). The zero-order valence-corrected chi connectivity index (χ0v) is 11.9. The van der Waals surface area contributed by atoms with E-state index in [1.54, 1.807) is 18.2 Å². The molecular weight excluding hydrogens is 282 g/mol. The second kappa shape index (κ2) is 5.68. The average molecular weight is 299 g/mol. The van der Waals surface area contributed by atoms with Gasteiger partial charge in [-0.15, -0.1) is 0 Å². The van der Waals surface area contributed by atoms with Gasteiger partial charge in [-0.25, -0.2) is 13.2 Å². The van der Waals surface area contributed by atoms with Crippen molar-refractivity contribution in [2.24, 2.45) is 0 Å². The summed E-state index contributed by atoms with van der Waals surface area (Å²) in [4.78, 5) is 11.2. The van der Waals surface area contributed by atoms with Gasteiger partial charge in [0, 0.05) is 19.1 Å². The molecule has 1 fully saturated rings. The lowest BCUT2D eigenvalue weighted by molar-refractivity contribution is 0.167. The van der Waals surface area contributed by atoms with E-state index in [9.17, 15) is 13.2 Å². The SMILES string of the molecule is COC(=O)NC1CCN(S(=O)(=O)c2ccccc2N)C1. The van der Waals surface area contributed by atoms with E-state index in [0.717, 1.165) is 0 Å². The van der Waals surface area contributed by atoms with E-state index in [4.69, 9.17) is 5.73 Å². The molecule has 3 N–H and O–H groups in total. The molecule has 1 aromatic carbocycles. The van der Waals surface area contributed by atoms with Crippen molar-refractivity contribution in [1.82, 2.24) is 9.62 Å². The molecule has 0 saturated carbocycles. The first-order valence-corrected chi connectivity index (χ1v) is 7.58. The monoisotopic (exact) mass is 299 g/mol. The van der Waals surface area contributed by atoms with Gasteiger partial charge in [0.15, 0.2) is 0 Å². The topological polar surface area (TPSA) is 102 Å². The van der Waals surface area contributed by atoms with Crippen LogP contribution in [0.25, 0.3) is 0 Å². The molecule has 0 radical (unpaired) electrons. The zero-order valence-electron chi connectivity index (χ0n) is 11.1. The maximum atomic E-state index is 12.5. The summed E-state index contributed by atoms with van der Waals surface area (Å²) in [6, 6.07) is 6.09. The summed E-state index contributed by atoms with van der Waals surface area (Å²) in [5, 5.41) is 2.60. The number of carbonyl (C=O) groups excluding carboxylic acids is 1. The molecule has 20 heavy (non-hydrogen) atoms. The number of para-hydroxylation sites is 1. The number of methoxy groups -OCH3 is 1. The Morgan fingerprint density at radius 3 is 2.80 bits per heavy atom. The minimum absolute atomic E-state index is 0.0960. The van der Waals surface area contributed by atoms with Gasteiger partial charge in [0.2, 0.25) is 10.0 Å². The van der Waals surface area contributed by atoms with Crippen LogP contribution < -0.4 is 11.1 Å². The van der Waals surface area contributed by atoms with E-state index >= 15 is 0 Å². The van der Waals surface area contributed by atoms with Crippen LogP contribution in [0.4, 0.5) is 10.5 Å². The fourth-order valence-corrected chi connectivity index (χ4v) is 3.76. The lowest BCUT2D eigenvalue weighted by Crippen LogP contribution is -2.38. The van der Waals surface area contributed by atoms with Gasteiger partial charge in [0.05, 0.1) is 12.8 Å². The van der Waals surface area contributed by atoms with Crippen LogP contribution in [0, 0.1) is 0 Å². The molecule has 1 aliphatic rings. The fraction of sp³-hybridized carbons (Fsp3) is 0.417. The highest BCUT2D eigenvalue weighted by Gasteiger charge is 2.34. The van der Waals surface area contributed by atoms with Crippen LogP contribution in [-0.2, 0) is 14.8 Å². The summed E-state index contributed by atoms with van der Waals surface area (Å²) in [5.74, 6) is 0. The minimum atomic E-state index is -3.63. The molecule has 0 aliphatic carbocycles. The molecule has 0 aromatic heterocycles. The van der Waals surface area contributed by atoms with E-state index in [1.165, 1.54) is 17.5 Å². The number of anilines is 1. The molecule has 1 aliphatic heterocycles. The molecule has 8 heteroatoms. The molecular formula is C12H17N3O4S. The third-order valence-corrected chi connectivity index (χ3v) is 5.13. The summed E-state index contributed by atoms with van der Waals surface area (Å²) < 4.78 is 30.7. The number of rotatable bonds is 3. The Kier molecular flexibility index (Phi) is 4.15. The average Bonchev–Trinajstić information content (AvgIpc) is 2.88. The maximum Gasteiger partial charge on any atom is 0.407 e. The minimum Gasteiger partial charge on any atom is -0.453 e. The fourth-order valence-electron chi connectivity index (χ4n) is 2.14. The first kappa shape index (κ1) is 14.6. The molecule has 1 heterocycles. The number of benzene rings is 1. The van der Waals surface area contributed by atoms with Crippen LogP contribution in [0.3, 0.4) is 0 Å². The van der Waals surface area contributed by atoms with Gasteiger partial charge in [0.25, 0.3) is 0 Å². The summed E-state index contributed by atoms with van der Waals surface area (Å²) in [5.41, 5.74) is 5.93. The molecule has 1 amide bonds. The van der Waals surface area contributed by atoms with Gasteiger partial charge < -0.3 is 15.8 Å². The molecule has 1 atom stereocenters. The Morgan fingerprint density at radius 1 is 1.45 bits per heavy atom. The number of amides is 1. The number of hydrogen-bond donors (Lipinski definition) is 2. The van der Waals surface area contributed by atoms with Crippen molar-refractivity contribution in [1.29, 1.82) is 0 Å². The number of hydrogen-bond acceptors (Lipinski definition) is 5. The first-order chi connectivity index (χ1) is 9.45. The quantitative estimate of drug-likeness (QED) is 0.786. The molecule has 110 valence electrons. The van der Waals surface area contributed by atoms with Crippen LogP contribution in [-0.4, -0.2) is 45.1 Å². The van der Waals surface area contributed by atoms with Crippen LogP contribution in [0.1, 0.15) is 6.42 Å². The smallest absolute Gasteiger partial charge is 0.407 e. The number of nitrogens with two attached hydrogens (primary N) is 1. The number of alkyl carbamates (subject to hydrolysis) is 1. The van der Waals surface area contributed by atoms with E-state index < -0.39 is 16.1 Å². The van der Waals surface area contributed by atoms with Crippen molar-refractivity contribution in [2.75, 3.05) is 25.9 Å². The van der Waals surface area contributed by atoms with E-state index in [2.05, 4.69) is 10.1 Å². The summed E-state index contributed by atoms with van der Waals surface area (Å²) in [6.45, 7) is 0.553. The molecule has 1 unspecified atom stereocenters. The van der Waals surface area contributed by atoms with Crippen LogP contribution in [0.2, 0.25) is 0 Å². The highest BCUT2D eigenvalue weighted by atomic mass is 32.2. The number of ether oxygens (including phenoxy) is 1. The zero-order chi connectivity index (χ0) is 14.8. The third-order valence-electron chi connectivity index (χ3n) is 3.20. The van der Waals surface area contributed by atoms with Crippen molar-refractivity contribution < 1.29 is 17.9 Å². The first-order valence-electron chi connectivity index (χ1n) is 6.14. The predicted molar refractivity (Wildman–Crippen MR) is 73.6 cm³/mol. The second-order valence-electron chi connectivity index (χ2n) is 4.52. The molecule has 0 bridgehead atoms. The number of nitrogen functional groups attached to an aromatic ring is 1. The Balaban J connectivity index is 2.13. The number of carbonyl (C=O) groups is 1. The summed E-state index contributed by atoms with van der Waals surface area (Å²) in [7, 11) is -2.36. The van der Waals surface area contributed by atoms with Crippen molar-refractivity contribution in [3.05, 3.63) is 24.3 Å². The molecule has 1 saturated heterocycles. The molecule has 0 spiro atoms. The van der Waals surface area contributed by atoms with Crippen molar-refractivity contribution >= 4 is 21.8 Å². The van der Waals surface area contributed by atoms with Gasteiger partial charge in [-0.3, -0.25) is 0 Å². The van der Waals surface area contributed by atoms with Crippen molar-refractivity contribution in [2.45, 2.75) is 17.4 Å². The van der Waals surface area contributed by atoms with Crippen molar-refractivity contribution in [3.63, 3.8) is 0 Å². The van der Waals surface area contributed by atoms with Gasteiger partial charge in [-0.1, -0.05) is 12.1 Å². The molecule has 7 nitrogen and oxygen atoms in total. The highest BCUT2D eigenvalue weighted by molar-refractivity contribution is 7.89. The Bertz CT molecular complexity index is 602. The second-order valence-corrected chi connectivity index (χ2v) is 6.43. The number of nitrogens with one attached hydrogen (secondary N) is 1. The largest absolute Gasteiger partial charge is 0.453 e. The normalized spacial score (nSPS) is 19.8. The summed E-state index contributed by atoms with van der Waals surface area (Å²) in [6.07, 6.45) is -0.0189. The summed E-state index contributed by atoms with van der Waals surface area (Å²) >= 11 is 0. The van der Waals surface area contributed by atoms with Gasteiger partial charge in [0.1, 0.15) is 4.90 Å². The highest BCUT2D eigenvalue weighted by Crippen LogP contribution is 2.25. The lowest BCUT2D eigenvalue weighted by atomic mass is 10.3. The number of nitrogens with zero attached hydrogens (tertiary/aromatic N) is 1. The van der Waals surface area contributed by atoms with Gasteiger partial charge in [-0.05, 0) is 18.6 Å². The van der Waals surface area contributed by atoms with Gasteiger partial charge >= 0.3 is 6.09 Å². The third kappa shape index (κ3) is 2.86. The van der Waals surface area contributed by atoms with E-state index in [0.29, 0.717) is 13.0 Å². The maximum absolute atomic E-state index is 12.5. The number of sulfonamides is 1. The predicted octanol–water partition coefficient (Wildman–Crippen LogP) is 0.388.